The van der Waals surface area contributed by atoms with Gasteiger partial charge in [0.25, 0.3) is 0 Å². The van der Waals surface area contributed by atoms with Gasteiger partial charge < -0.3 is 4.42 Å². The maximum Gasteiger partial charge on any atom is 0.433 e. The third kappa shape index (κ3) is 1.70. The normalized spacial score (nSPS) is 10.8. The van der Waals surface area contributed by atoms with Gasteiger partial charge in [-0.3, -0.25) is 10.1 Å². The zero-order valence-corrected chi connectivity index (χ0v) is 7.40. The summed E-state index contributed by atoms with van der Waals surface area (Å²) in [5.41, 5.74) is -0.603. The fourth-order valence-electron chi connectivity index (χ4n) is 0.833. The van der Waals surface area contributed by atoms with Crippen LogP contribution in [0.3, 0.4) is 0 Å². The molecule has 0 unspecified atom stereocenters. The quantitative estimate of drug-likeness (QED) is 0.397. The van der Waals surface area contributed by atoms with Gasteiger partial charge in [-0.15, -0.1) is 6.42 Å². The Morgan fingerprint density at radius 1 is 1.62 bits per heavy atom. The summed E-state index contributed by atoms with van der Waals surface area (Å²) in [6.07, 6.45) is 5.24. The summed E-state index contributed by atoms with van der Waals surface area (Å²) in [6.45, 7) is 3.52. The van der Waals surface area contributed by atoms with Crippen molar-refractivity contribution in [2.75, 3.05) is 0 Å². The molecule has 0 atom stereocenters. The van der Waals surface area contributed by atoms with Gasteiger partial charge in [0, 0.05) is 0 Å². The first-order chi connectivity index (χ1) is 5.97. The van der Waals surface area contributed by atoms with Crippen molar-refractivity contribution in [3.05, 3.63) is 28.0 Å². The highest BCUT2D eigenvalue weighted by Gasteiger charge is 2.24. The molecule has 0 bridgehead atoms. The predicted molar refractivity (Wildman–Crippen MR) is 47.2 cm³/mol. The molecule has 0 saturated carbocycles. The first-order valence-corrected chi connectivity index (χ1v) is 3.70. The highest BCUT2D eigenvalue weighted by molar-refractivity contribution is 5.28. The summed E-state index contributed by atoms with van der Waals surface area (Å²) >= 11 is 0. The first-order valence-electron chi connectivity index (χ1n) is 3.70. The van der Waals surface area contributed by atoms with E-state index < -0.39 is 10.3 Å². The van der Waals surface area contributed by atoms with Gasteiger partial charge in [0.2, 0.25) is 0 Å². The Morgan fingerprint density at radius 3 is 2.62 bits per heavy atom. The minimum absolute atomic E-state index is 0.279. The van der Waals surface area contributed by atoms with Gasteiger partial charge in [0.1, 0.15) is 10.7 Å². The number of rotatable bonds is 2. The van der Waals surface area contributed by atoms with Crippen molar-refractivity contribution in [3.8, 4) is 12.3 Å². The number of hydrogen-bond donors (Lipinski definition) is 0. The van der Waals surface area contributed by atoms with Crippen LogP contribution in [-0.4, -0.2) is 4.92 Å². The van der Waals surface area contributed by atoms with Crippen LogP contribution in [0.1, 0.15) is 19.6 Å². The van der Waals surface area contributed by atoms with E-state index in [2.05, 4.69) is 5.92 Å². The number of furan rings is 1. The minimum Gasteiger partial charge on any atom is -0.404 e. The predicted octanol–water partition coefficient (Wildman–Crippen LogP) is 2.10. The zero-order valence-electron chi connectivity index (χ0n) is 7.40. The standard InChI is InChI=1S/C9H9NO3/c1-4-9(2,3)7-5-6-8(13-7)10(11)12/h1,5-6H,2-3H3. The molecule has 13 heavy (non-hydrogen) atoms. The van der Waals surface area contributed by atoms with Crippen molar-refractivity contribution in [3.63, 3.8) is 0 Å². The number of hydrogen-bond acceptors (Lipinski definition) is 3. The van der Waals surface area contributed by atoms with Crippen molar-refractivity contribution in [1.29, 1.82) is 0 Å². The van der Waals surface area contributed by atoms with Crippen LogP contribution in [0.15, 0.2) is 16.5 Å². The van der Waals surface area contributed by atoms with Gasteiger partial charge in [0.15, 0.2) is 0 Å². The van der Waals surface area contributed by atoms with Crippen LogP contribution in [0.2, 0.25) is 0 Å². The monoisotopic (exact) mass is 179 g/mol. The maximum absolute atomic E-state index is 10.3. The minimum atomic E-state index is -0.603. The van der Waals surface area contributed by atoms with Gasteiger partial charge in [0.05, 0.1) is 11.5 Å². The Morgan fingerprint density at radius 2 is 2.23 bits per heavy atom. The molecule has 0 fully saturated rings. The highest BCUT2D eigenvalue weighted by Crippen LogP contribution is 2.27. The topological polar surface area (TPSA) is 56.3 Å². The van der Waals surface area contributed by atoms with Gasteiger partial charge >= 0.3 is 5.88 Å². The molecule has 68 valence electrons. The molecule has 1 aromatic rings. The van der Waals surface area contributed by atoms with Gasteiger partial charge in [-0.25, -0.2) is 0 Å². The molecule has 1 aromatic heterocycles. The summed E-state index contributed by atoms with van der Waals surface area (Å²) in [6, 6.07) is 2.83. The Hall–Kier alpha value is -1.76. The SMILES string of the molecule is C#CC(C)(C)c1ccc([N+](=O)[O-])o1. The fourth-order valence-corrected chi connectivity index (χ4v) is 0.833. The lowest BCUT2D eigenvalue weighted by atomic mass is 9.92. The van der Waals surface area contributed by atoms with Crippen LogP contribution in [0.25, 0.3) is 0 Å². The molecular weight excluding hydrogens is 170 g/mol. The lowest BCUT2D eigenvalue weighted by molar-refractivity contribution is -0.402. The first kappa shape index (κ1) is 9.33. The van der Waals surface area contributed by atoms with Gasteiger partial charge in [-0.1, -0.05) is 5.92 Å². The molecule has 0 aliphatic heterocycles. The Balaban J connectivity index is 3.07. The van der Waals surface area contributed by atoms with Gasteiger partial charge in [-0.2, -0.15) is 0 Å². The van der Waals surface area contributed by atoms with E-state index in [0.717, 1.165) is 0 Å². The highest BCUT2D eigenvalue weighted by atomic mass is 16.6. The third-order valence-electron chi connectivity index (χ3n) is 1.75. The van der Waals surface area contributed by atoms with Crippen LogP contribution >= 0.6 is 0 Å². The lowest BCUT2D eigenvalue weighted by Crippen LogP contribution is -2.12. The number of nitrogens with zero attached hydrogens (tertiary/aromatic N) is 1. The Kier molecular flexibility index (Phi) is 2.11. The Labute approximate surface area is 75.7 Å². The molecule has 4 nitrogen and oxygen atoms in total. The third-order valence-corrected chi connectivity index (χ3v) is 1.75. The molecule has 0 radical (unpaired) electrons. The summed E-state index contributed by atoms with van der Waals surface area (Å²) < 4.78 is 4.96. The molecular formula is C9H9NO3. The van der Waals surface area contributed by atoms with E-state index >= 15 is 0 Å². The summed E-state index contributed by atoms with van der Waals surface area (Å²) in [5.74, 6) is 2.65. The van der Waals surface area contributed by atoms with Crippen molar-refractivity contribution in [1.82, 2.24) is 0 Å². The van der Waals surface area contributed by atoms with E-state index in [-0.39, 0.29) is 5.88 Å². The van der Waals surface area contributed by atoms with E-state index in [1.807, 2.05) is 0 Å². The van der Waals surface area contributed by atoms with Crippen molar-refractivity contribution in [2.24, 2.45) is 0 Å². The zero-order chi connectivity index (χ0) is 10.1. The smallest absolute Gasteiger partial charge is 0.404 e. The molecule has 1 heterocycles. The summed E-state index contributed by atoms with van der Waals surface area (Å²) in [7, 11) is 0. The van der Waals surface area contributed by atoms with Crippen LogP contribution in [0.5, 0.6) is 0 Å². The second-order valence-corrected chi connectivity index (χ2v) is 3.16. The van der Waals surface area contributed by atoms with Crippen LogP contribution in [0, 0.1) is 22.5 Å². The molecule has 0 aliphatic rings. The maximum atomic E-state index is 10.3. The van der Waals surface area contributed by atoms with Crippen LogP contribution < -0.4 is 0 Å². The van der Waals surface area contributed by atoms with E-state index in [0.29, 0.717) is 5.76 Å². The van der Waals surface area contributed by atoms with Crippen LogP contribution in [0.4, 0.5) is 5.88 Å². The van der Waals surface area contributed by atoms with Crippen molar-refractivity contribution < 1.29 is 9.34 Å². The van der Waals surface area contributed by atoms with Crippen LogP contribution in [-0.2, 0) is 5.41 Å². The van der Waals surface area contributed by atoms with Crippen molar-refractivity contribution >= 4 is 5.88 Å². The van der Waals surface area contributed by atoms with E-state index in [1.54, 1.807) is 13.8 Å². The van der Waals surface area contributed by atoms with E-state index in [1.165, 1.54) is 12.1 Å². The second-order valence-electron chi connectivity index (χ2n) is 3.16. The lowest BCUT2D eigenvalue weighted by Gasteiger charge is -2.12. The Bertz CT molecular complexity index is 370. The molecule has 0 saturated heterocycles. The largest absolute Gasteiger partial charge is 0.433 e. The average Bonchev–Trinajstić information content (AvgIpc) is 2.52. The number of terminal acetylenes is 1. The molecule has 0 aliphatic carbocycles. The summed E-state index contributed by atoms with van der Waals surface area (Å²) in [4.78, 5) is 9.70. The van der Waals surface area contributed by atoms with E-state index in [4.69, 9.17) is 10.8 Å². The molecule has 0 amide bonds. The van der Waals surface area contributed by atoms with Crippen molar-refractivity contribution in [2.45, 2.75) is 19.3 Å². The summed E-state index contributed by atoms with van der Waals surface area (Å²) in [5, 5.41) is 10.3. The number of nitro groups is 1. The van der Waals surface area contributed by atoms with Gasteiger partial charge in [-0.05, 0) is 19.9 Å². The fraction of sp³-hybridized carbons (Fsp3) is 0.333. The second kappa shape index (κ2) is 2.94. The molecule has 0 N–H and O–H groups in total. The molecule has 0 spiro atoms. The molecule has 0 aromatic carbocycles. The van der Waals surface area contributed by atoms with E-state index in [9.17, 15) is 10.1 Å². The molecule has 4 heteroatoms. The molecule has 1 rings (SSSR count). The average molecular weight is 179 g/mol.